The molecule has 138 valence electrons. The lowest BCUT2D eigenvalue weighted by atomic mass is 10.1. The van der Waals surface area contributed by atoms with Gasteiger partial charge in [-0.2, -0.15) is 0 Å². The number of hydrogen-bond acceptors (Lipinski definition) is 5. The zero-order valence-electron chi connectivity index (χ0n) is 14.5. The number of aryl methyl sites for hydroxylation is 1. The van der Waals surface area contributed by atoms with Crippen LogP contribution < -0.4 is 10.6 Å². The van der Waals surface area contributed by atoms with Crippen LogP contribution in [-0.2, 0) is 16.0 Å². The highest BCUT2D eigenvalue weighted by molar-refractivity contribution is 14.0. The quantitative estimate of drug-likeness (QED) is 0.266. The Kier molecular flexibility index (Phi) is 11.6. The van der Waals surface area contributed by atoms with Gasteiger partial charge in [0.2, 0.25) is 0 Å². The number of aromatic nitrogens is 1. The third-order valence-corrected chi connectivity index (χ3v) is 4.42. The average Bonchev–Trinajstić information content (AvgIpc) is 2.98. The Bertz CT molecular complexity index is 478. The van der Waals surface area contributed by atoms with Gasteiger partial charge in [-0.3, -0.25) is 0 Å². The molecule has 24 heavy (non-hydrogen) atoms. The molecule has 0 aromatic carbocycles. The molecule has 8 heteroatoms. The van der Waals surface area contributed by atoms with Gasteiger partial charge in [-0.05, 0) is 33.1 Å². The van der Waals surface area contributed by atoms with E-state index >= 15 is 0 Å². The highest BCUT2D eigenvalue weighted by Gasteiger charge is 2.13. The van der Waals surface area contributed by atoms with Crippen LogP contribution >= 0.6 is 35.3 Å². The van der Waals surface area contributed by atoms with Gasteiger partial charge in [0.05, 0.1) is 12.6 Å². The summed E-state index contributed by atoms with van der Waals surface area (Å²) in [5, 5.41) is 7.65. The molecule has 0 atom stereocenters. The Morgan fingerprint density at radius 3 is 2.88 bits per heavy atom. The maximum Gasteiger partial charge on any atom is 0.191 e. The fraction of sp³-hybridized carbons (Fsp3) is 0.750. The molecule has 1 aromatic heterocycles. The lowest BCUT2D eigenvalue weighted by molar-refractivity contribution is -0.0320. The number of hydrogen-bond donors (Lipinski definition) is 2. The van der Waals surface area contributed by atoms with Crippen molar-refractivity contribution in [3.63, 3.8) is 0 Å². The molecule has 0 radical (unpaired) electrons. The number of guanidine groups is 1. The van der Waals surface area contributed by atoms with E-state index in [1.54, 1.807) is 11.3 Å². The summed E-state index contributed by atoms with van der Waals surface area (Å²) in [4.78, 5) is 10.1. The Morgan fingerprint density at radius 1 is 1.42 bits per heavy atom. The van der Waals surface area contributed by atoms with Gasteiger partial charge in [-0.1, -0.05) is 0 Å². The molecule has 0 aliphatic carbocycles. The van der Waals surface area contributed by atoms with Crippen molar-refractivity contribution in [2.75, 3.05) is 32.9 Å². The molecule has 0 spiro atoms. The van der Waals surface area contributed by atoms with Crippen molar-refractivity contribution < 1.29 is 9.47 Å². The van der Waals surface area contributed by atoms with Crippen LogP contribution in [0.15, 0.2) is 11.2 Å². The minimum absolute atomic E-state index is 0. The second kappa shape index (κ2) is 12.8. The summed E-state index contributed by atoms with van der Waals surface area (Å²) in [6, 6.07) is 0. The van der Waals surface area contributed by atoms with E-state index in [9.17, 15) is 0 Å². The summed E-state index contributed by atoms with van der Waals surface area (Å²) in [6.45, 7) is 8.89. The predicted molar refractivity (Wildman–Crippen MR) is 109 cm³/mol. The lowest BCUT2D eigenvalue weighted by Gasteiger charge is -2.22. The highest BCUT2D eigenvalue weighted by atomic mass is 127. The Hall–Kier alpha value is -0.450. The number of aliphatic imine (C=N–C) groups is 1. The number of nitrogens with zero attached hydrogens (tertiary/aromatic N) is 2. The van der Waals surface area contributed by atoms with Gasteiger partial charge in [0.15, 0.2) is 5.96 Å². The van der Waals surface area contributed by atoms with Crippen molar-refractivity contribution in [2.24, 2.45) is 4.99 Å². The van der Waals surface area contributed by atoms with Gasteiger partial charge in [-0.15, -0.1) is 35.3 Å². The van der Waals surface area contributed by atoms with Crippen molar-refractivity contribution in [2.45, 2.75) is 45.8 Å². The van der Waals surface area contributed by atoms with Crippen molar-refractivity contribution >= 4 is 41.3 Å². The molecule has 1 fully saturated rings. The molecule has 6 nitrogen and oxygen atoms in total. The molecular weight excluding hydrogens is 439 g/mol. The molecule has 2 N–H and O–H groups in total. The second-order valence-electron chi connectivity index (χ2n) is 5.52. The van der Waals surface area contributed by atoms with Crippen molar-refractivity contribution in [3.8, 4) is 0 Å². The zero-order chi connectivity index (χ0) is 16.3. The van der Waals surface area contributed by atoms with Crippen LogP contribution in [0.3, 0.4) is 0 Å². The zero-order valence-corrected chi connectivity index (χ0v) is 17.7. The van der Waals surface area contributed by atoms with Crippen LogP contribution in [-0.4, -0.2) is 50.0 Å². The summed E-state index contributed by atoms with van der Waals surface area (Å²) in [5.74, 6) is 0.839. The summed E-state index contributed by atoms with van der Waals surface area (Å²) in [5.41, 5.74) is 0. The van der Waals surface area contributed by atoms with Crippen LogP contribution in [0.2, 0.25) is 0 Å². The van der Waals surface area contributed by atoms with Crippen LogP contribution in [0.4, 0.5) is 0 Å². The number of rotatable bonds is 8. The molecule has 1 saturated heterocycles. The SMILES string of the molecule is CCNC(=NCc1ncc(C)s1)NCCCOC1CCOCC1.I. The monoisotopic (exact) mass is 468 g/mol. The molecule has 0 saturated carbocycles. The van der Waals surface area contributed by atoms with E-state index in [1.807, 2.05) is 6.20 Å². The van der Waals surface area contributed by atoms with Gasteiger partial charge in [0.1, 0.15) is 5.01 Å². The van der Waals surface area contributed by atoms with E-state index in [4.69, 9.17) is 9.47 Å². The first kappa shape index (κ1) is 21.6. The van der Waals surface area contributed by atoms with Crippen LogP contribution in [0, 0.1) is 6.92 Å². The summed E-state index contributed by atoms with van der Waals surface area (Å²) >= 11 is 1.69. The average molecular weight is 468 g/mol. The number of halogens is 1. The van der Waals surface area contributed by atoms with Gasteiger partial charge >= 0.3 is 0 Å². The largest absolute Gasteiger partial charge is 0.381 e. The Morgan fingerprint density at radius 2 is 2.21 bits per heavy atom. The fourth-order valence-electron chi connectivity index (χ4n) is 2.33. The van der Waals surface area contributed by atoms with Crippen LogP contribution in [0.25, 0.3) is 0 Å². The molecule has 0 amide bonds. The lowest BCUT2D eigenvalue weighted by Crippen LogP contribution is -2.38. The number of thiazole rings is 1. The molecule has 0 unspecified atom stereocenters. The van der Waals surface area contributed by atoms with E-state index in [1.165, 1.54) is 4.88 Å². The summed E-state index contributed by atoms with van der Waals surface area (Å²) in [7, 11) is 0. The fourth-order valence-corrected chi connectivity index (χ4v) is 3.05. The van der Waals surface area contributed by atoms with Crippen molar-refractivity contribution in [1.82, 2.24) is 15.6 Å². The normalized spacial score (nSPS) is 15.8. The van der Waals surface area contributed by atoms with Gasteiger partial charge < -0.3 is 20.1 Å². The Labute approximate surface area is 165 Å². The van der Waals surface area contributed by atoms with Gasteiger partial charge in [-0.25, -0.2) is 9.98 Å². The number of ether oxygens (including phenoxy) is 2. The molecule has 2 heterocycles. The number of nitrogens with one attached hydrogen (secondary N) is 2. The predicted octanol–water partition coefficient (Wildman–Crippen LogP) is 2.71. The highest BCUT2D eigenvalue weighted by Crippen LogP contribution is 2.12. The Balaban J connectivity index is 0.00000288. The topological polar surface area (TPSA) is 67.8 Å². The minimum atomic E-state index is 0. The maximum absolute atomic E-state index is 5.87. The third-order valence-electron chi connectivity index (χ3n) is 3.52. The summed E-state index contributed by atoms with van der Waals surface area (Å²) < 4.78 is 11.2. The van der Waals surface area contributed by atoms with E-state index in [2.05, 4.69) is 34.5 Å². The standard InChI is InChI=1S/C16H28N4O2S.HI/c1-3-17-16(20-12-15-19-11-13(2)23-15)18-7-4-8-22-14-5-9-21-10-6-14;/h11,14H,3-10,12H2,1-2H3,(H2,17,18,20);1H. The van der Waals surface area contributed by atoms with Crippen LogP contribution in [0.5, 0.6) is 0 Å². The maximum atomic E-state index is 5.87. The van der Waals surface area contributed by atoms with E-state index < -0.39 is 0 Å². The molecule has 1 aliphatic rings. The molecule has 2 rings (SSSR count). The summed E-state index contributed by atoms with van der Waals surface area (Å²) in [6.07, 6.45) is 5.27. The van der Waals surface area contributed by atoms with E-state index in [0.717, 1.165) is 63.1 Å². The van der Waals surface area contributed by atoms with Crippen molar-refractivity contribution in [1.29, 1.82) is 0 Å². The first-order valence-electron chi connectivity index (χ1n) is 8.40. The molecule has 1 aliphatic heterocycles. The first-order chi connectivity index (χ1) is 11.3. The molecule has 1 aromatic rings. The molecule has 0 bridgehead atoms. The smallest absolute Gasteiger partial charge is 0.191 e. The van der Waals surface area contributed by atoms with Gasteiger partial charge in [0, 0.05) is 44.0 Å². The molecular formula is C16H29IN4O2S. The second-order valence-corrected chi connectivity index (χ2v) is 6.84. The minimum Gasteiger partial charge on any atom is -0.381 e. The van der Waals surface area contributed by atoms with Crippen molar-refractivity contribution in [3.05, 3.63) is 16.1 Å². The van der Waals surface area contributed by atoms with Gasteiger partial charge in [0.25, 0.3) is 0 Å². The third kappa shape index (κ3) is 8.59. The van der Waals surface area contributed by atoms with Crippen LogP contribution in [0.1, 0.15) is 36.1 Å². The van der Waals surface area contributed by atoms with E-state index in [0.29, 0.717) is 12.6 Å². The first-order valence-corrected chi connectivity index (χ1v) is 9.22. The van der Waals surface area contributed by atoms with E-state index in [-0.39, 0.29) is 24.0 Å².